The summed E-state index contributed by atoms with van der Waals surface area (Å²) in [5, 5.41) is 5.37. The minimum absolute atomic E-state index is 0.0421. The van der Waals surface area contributed by atoms with Gasteiger partial charge in [-0.05, 0) is 55.3 Å². The number of halogens is 2. The SMILES string of the molecule is CNC(=O)C(CCN1CCC2(CC1)OC(=O)Nc1ccc(F)cc12)Cc1ccc(F)cc1. The van der Waals surface area contributed by atoms with Gasteiger partial charge in [-0.1, -0.05) is 12.1 Å². The van der Waals surface area contributed by atoms with Crippen molar-refractivity contribution < 1.29 is 23.1 Å². The summed E-state index contributed by atoms with van der Waals surface area (Å²) >= 11 is 0. The molecule has 2 aliphatic heterocycles. The lowest BCUT2D eigenvalue weighted by Crippen LogP contribution is -2.48. The Morgan fingerprint density at radius 1 is 1.16 bits per heavy atom. The van der Waals surface area contributed by atoms with Gasteiger partial charge in [0, 0.05) is 44.5 Å². The molecule has 0 saturated carbocycles. The van der Waals surface area contributed by atoms with E-state index in [0.717, 1.165) is 5.56 Å². The molecule has 8 heteroatoms. The molecule has 0 aliphatic carbocycles. The maximum absolute atomic E-state index is 13.9. The predicted octanol–water partition coefficient (Wildman–Crippen LogP) is 3.81. The Morgan fingerprint density at radius 3 is 2.53 bits per heavy atom. The van der Waals surface area contributed by atoms with E-state index in [0.29, 0.717) is 56.6 Å². The molecular formula is C24H27F2N3O3. The molecule has 4 rings (SSSR count). The highest BCUT2D eigenvalue weighted by molar-refractivity contribution is 5.88. The van der Waals surface area contributed by atoms with Gasteiger partial charge in [0.1, 0.15) is 17.2 Å². The third-order valence-corrected chi connectivity index (χ3v) is 6.47. The molecule has 1 fully saturated rings. The summed E-state index contributed by atoms with van der Waals surface area (Å²) in [6, 6.07) is 10.6. The van der Waals surface area contributed by atoms with E-state index >= 15 is 0 Å². The molecule has 0 bridgehead atoms. The fourth-order valence-corrected chi connectivity index (χ4v) is 4.65. The Morgan fingerprint density at radius 2 is 1.84 bits per heavy atom. The number of benzene rings is 2. The number of nitrogens with zero attached hydrogens (tertiary/aromatic N) is 1. The zero-order valence-electron chi connectivity index (χ0n) is 18.0. The quantitative estimate of drug-likeness (QED) is 0.712. The van der Waals surface area contributed by atoms with Gasteiger partial charge in [-0.15, -0.1) is 0 Å². The lowest BCUT2D eigenvalue weighted by molar-refractivity contribution is -0.125. The number of fused-ring (bicyclic) bond motifs is 2. The molecular weight excluding hydrogens is 416 g/mol. The highest BCUT2D eigenvalue weighted by Crippen LogP contribution is 2.43. The Labute approximate surface area is 185 Å². The van der Waals surface area contributed by atoms with Crippen molar-refractivity contribution >= 4 is 17.7 Å². The molecule has 1 spiro atoms. The molecule has 2 N–H and O–H groups in total. The minimum atomic E-state index is -0.829. The Hall–Kier alpha value is -3.00. The Balaban J connectivity index is 1.39. The normalized spacial score (nSPS) is 18.4. The molecule has 1 unspecified atom stereocenters. The van der Waals surface area contributed by atoms with Crippen LogP contribution in [0.5, 0.6) is 0 Å². The monoisotopic (exact) mass is 443 g/mol. The molecule has 2 heterocycles. The van der Waals surface area contributed by atoms with Crippen LogP contribution >= 0.6 is 0 Å². The number of nitrogens with one attached hydrogen (secondary N) is 2. The topological polar surface area (TPSA) is 70.7 Å². The number of amides is 2. The average molecular weight is 443 g/mol. The summed E-state index contributed by atoms with van der Waals surface area (Å²) in [4.78, 5) is 26.7. The van der Waals surface area contributed by atoms with Gasteiger partial charge in [-0.2, -0.15) is 0 Å². The lowest BCUT2D eigenvalue weighted by atomic mass is 9.82. The van der Waals surface area contributed by atoms with Crippen LogP contribution in [0, 0.1) is 17.6 Å². The van der Waals surface area contributed by atoms with Crippen molar-refractivity contribution in [1.82, 2.24) is 10.2 Å². The van der Waals surface area contributed by atoms with Gasteiger partial charge in [-0.25, -0.2) is 13.6 Å². The standard InChI is InChI=1S/C24H27F2N3O3/c1-27-22(30)17(14-16-2-4-18(25)5-3-16)8-11-29-12-9-24(10-13-29)20-15-19(26)6-7-21(20)28-23(31)32-24/h2-7,15,17H,8-14H2,1H3,(H,27,30)(H,28,31). The van der Waals surface area contributed by atoms with E-state index in [9.17, 15) is 18.4 Å². The fourth-order valence-electron chi connectivity index (χ4n) is 4.65. The molecule has 32 heavy (non-hydrogen) atoms. The number of rotatable bonds is 6. The van der Waals surface area contributed by atoms with Crippen LogP contribution in [-0.2, 0) is 21.6 Å². The van der Waals surface area contributed by atoms with E-state index in [2.05, 4.69) is 15.5 Å². The van der Waals surface area contributed by atoms with Crippen LogP contribution in [0.2, 0.25) is 0 Å². The number of anilines is 1. The summed E-state index contributed by atoms with van der Waals surface area (Å²) in [6.07, 6.45) is 1.78. The lowest BCUT2D eigenvalue weighted by Gasteiger charge is -2.44. The van der Waals surface area contributed by atoms with Gasteiger partial charge in [-0.3, -0.25) is 10.1 Å². The smallest absolute Gasteiger partial charge is 0.412 e. The van der Waals surface area contributed by atoms with Crippen LogP contribution in [0.1, 0.15) is 30.4 Å². The molecule has 2 amide bonds. The first-order valence-corrected chi connectivity index (χ1v) is 10.9. The van der Waals surface area contributed by atoms with Crippen LogP contribution in [0.3, 0.4) is 0 Å². The second-order valence-corrected chi connectivity index (χ2v) is 8.47. The molecule has 2 aromatic carbocycles. The van der Waals surface area contributed by atoms with E-state index in [1.54, 1.807) is 25.2 Å². The predicted molar refractivity (Wildman–Crippen MR) is 116 cm³/mol. The van der Waals surface area contributed by atoms with E-state index in [1.807, 2.05) is 0 Å². The third-order valence-electron chi connectivity index (χ3n) is 6.47. The van der Waals surface area contributed by atoms with Gasteiger partial charge in [0.2, 0.25) is 5.91 Å². The van der Waals surface area contributed by atoms with Crippen molar-refractivity contribution in [3.8, 4) is 0 Å². The Bertz CT molecular complexity index is 988. The summed E-state index contributed by atoms with van der Waals surface area (Å²) in [6.45, 7) is 2.04. The van der Waals surface area contributed by atoms with Crippen molar-refractivity contribution in [3.63, 3.8) is 0 Å². The summed E-state index contributed by atoms with van der Waals surface area (Å²) in [5.41, 5.74) is 1.36. The first-order valence-electron chi connectivity index (χ1n) is 10.9. The van der Waals surface area contributed by atoms with Gasteiger partial charge in [0.15, 0.2) is 0 Å². The zero-order chi connectivity index (χ0) is 22.7. The summed E-state index contributed by atoms with van der Waals surface area (Å²) in [7, 11) is 1.62. The van der Waals surface area contributed by atoms with E-state index < -0.39 is 11.7 Å². The van der Waals surface area contributed by atoms with Crippen LogP contribution < -0.4 is 10.6 Å². The number of piperidine rings is 1. The third kappa shape index (κ3) is 4.75. The minimum Gasteiger partial charge on any atom is -0.438 e. The molecule has 0 radical (unpaired) electrons. The van der Waals surface area contributed by atoms with E-state index in [4.69, 9.17) is 4.74 Å². The first kappa shape index (κ1) is 22.2. The molecule has 170 valence electrons. The van der Waals surface area contributed by atoms with Gasteiger partial charge in [0.05, 0.1) is 5.69 Å². The fraction of sp³-hybridized carbons (Fsp3) is 0.417. The molecule has 1 saturated heterocycles. The Kier molecular flexibility index (Phi) is 6.41. The van der Waals surface area contributed by atoms with Crippen LogP contribution in [0.15, 0.2) is 42.5 Å². The van der Waals surface area contributed by atoms with Crippen molar-refractivity contribution in [3.05, 3.63) is 65.2 Å². The largest absolute Gasteiger partial charge is 0.438 e. The average Bonchev–Trinajstić information content (AvgIpc) is 2.79. The maximum Gasteiger partial charge on any atom is 0.412 e. The van der Waals surface area contributed by atoms with Crippen molar-refractivity contribution in [2.24, 2.45) is 5.92 Å². The zero-order valence-corrected chi connectivity index (χ0v) is 18.0. The van der Waals surface area contributed by atoms with Gasteiger partial charge in [0.25, 0.3) is 0 Å². The highest BCUT2D eigenvalue weighted by atomic mass is 19.1. The molecule has 6 nitrogen and oxygen atoms in total. The number of likely N-dealkylation sites (tertiary alicyclic amines) is 1. The van der Waals surface area contributed by atoms with Crippen molar-refractivity contribution in [2.45, 2.75) is 31.3 Å². The van der Waals surface area contributed by atoms with Crippen molar-refractivity contribution in [1.29, 1.82) is 0 Å². The molecule has 1 atom stereocenters. The van der Waals surface area contributed by atoms with Crippen LogP contribution in [0.4, 0.5) is 19.3 Å². The summed E-state index contributed by atoms with van der Waals surface area (Å²) in [5.74, 6) is -0.931. The second-order valence-electron chi connectivity index (χ2n) is 8.47. The van der Waals surface area contributed by atoms with Crippen LogP contribution in [-0.4, -0.2) is 43.6 Å². The summed E-state index contributed by atoms with van der Waals surface area (Å²) < 4.78 is 32.8. The number of hydrogen-bond acceptors (Lipinski definition) is 4. The molecule has 0 aromatic heterocycles. The number of carbonyl (C=O) groups is 2. The van der Waals surface area contributed by atoms with E-state index in [-0.39, 0.29) is 23.5 Å². The van der Waals surface area contributed by atoms with Crippen molar-refractivity contribution in [2.75, 3.05) is 32.0 Å². The maximum atomic E-state index is 13.9. The van der Waals surface area contributed by atoms with Gasteiger partial charge < -0.3 is 15.0 Å². The van der Waals surface area contributed by atoms with E-state index in [1.165, 1.54) is 24.3 Å². The number of hydrogen-bond donors (Lipinski definition) is 2. The number of carbonyl (C=O) groups excluding carboxylic acids is 2. The van der Waals surface area contributed by atoms with Crippen LogP contribution in [0.25, 0.3) is 0 Å². The molecule has 2 aromatic rings. The second kappa shape index (κ2) is 9.24. The number of ether oxygens (including phenoxy) is 1. The first-order chi connectivity index (χ1) is 15.4. The highest BCUT2D eigenvalue weighted by Gasteiger charge is 2.44. The van der Waals surface area contributed by atoms with Gasteiger partial charge >= 0.3 is 6.09 Å². The molecule has 2 aliphatic rings.